The van der Waals surface area contributed by atoms with Crippen molar-refractivity contribution < 1.29 is 13.7 Å². The molecule has 1 saturated carbocycles. The number of allylic oxidation sites excluding steroid dienone is 1. The summed E-state index contributed by atoms with van der Waals surface area (Å²) in [6, 6.07) is 42.7. The lowest BCUT2D eigenvalue weighted by atomic mass is 9.77. The Hall–Kier alpha value is -4.42. The third-order valence-electron chi connectivity index (χ3n) is 6.78. The molecule has 0 unspecified atom stereocenters. The zero-order valence-electron chi connectivity index (χ0n) is 32.0. The van der Waals surface area contributed by atoms with E-state index in [9.17, 15) is 13.7 Å². The summed E-state index contributed by atoms with van der Waals surface area (Å²) < 4.78 is 92.5. The van der Waals surface area contributed by atoms with Crippen LogP contribution < -0.4 is 0 Å². The second-order valence-electron chi connectivity index (χ2n) is 9.49. The molecule has 0 atom stereocenters. The summed E-state index contributed by atoms with van der Waals surface area (Å²) in [6.07, 6.45) is -10.7. The van der Waals surface area contributed by atoms with Crippen LogP contribution in [0.3, 0.4) is 0 Å². The topological polar surface area (TPSA) is 0 Å². The van der Waals surface area contributed by atoms with E-state index < -0.39 is 37.3 Å². The van der Waals surface area contributed by atoms with Crippen molar-refractivity contribution in [1.82, 2.24) is 0 Å². The first kappa shape index (κ1) is 16.6. The van der Waals surface area contributed by atoms with E-state index in [0.717, 1.165) is 22.8 Å². The Morgan fingerprint density at radius 2 is 0.900 bits per heavy atom. The molecule has 0 spiro atoms. The number of hydrogen-bond acceptors (Lipinski definition) is 0. The van der Waals surface area contributed by atoms with Crippen molar-refractivity contribution in [2.24, 2.45) is 5.89 Å². The van der Waals surface area contributed by atoms with E-state index in [4.69, 9.17) is 0 Å². The average molecular weight is 527 g/mol. The Morgan fingerprint density at radius 3 is 1.32 bits per heavy atom. The molecule has 6 rings (SSSR count). The van der Waals surface area contributed by atoms with Crippen LogP contribution in [0, 0.1) is 5.89 Å². The summed E-state index contributed by atoms with van der Waals surface area (Å²) in [5, 5.41) is 0. The van der Waals surface area contributed by atoms with E-state index >= 15 is 0 Å². The van der Waals surface area contributed by atoms with Crippen LogP contribution in [0.5, 0.6) is 0 Å². The van der Waals surface area contributed by atoms with Gasteiger partial charge in [-0.3, -0.25) is 0 Å². The monoisotopic (exact) mass is 526 g/mol. The zero-order valence-corrected chi connectivity index (χ0v) is 22.0. The van der Waals surface area contributed by atoms with Crippen molar-refractivity contribution in [3.8, 4) is 0 Å². The van der Waals surface area contributed by atoms with Gasteiger partial charge in [-0.2, -0.15) is 0 Å². The van der Waals surface area contributed by atoms with E-state index in [1.54, 1.807) is 72.8 Å². The van der Waals surface area contributed by atoms with Crippen molar-refractivity contribution >= 4 is 17.2 Å². The quantitative estimate of drug-likeness (QED) is 0.185. The molecule has 40 heavy (non-hydrogen) atoms. The molecule has 1 aliphatic carbocycles. The highest BCUT2D eigenvalue weighted by Gasteiger charge is 2.22. The summed E-state index contributed by atoms with van der Waals surface area (Å²) in [5.74, 6) is -6.23. The van der Waals surface area contributed by atoms with Gasteiger partial charge in [-0.05, 0) is 87.9 Å². The van der Waals surface area contributed by atoms with Crippen LogP contribution in [-0.4, -0.2) is 0 Å². The molecule has 0 radical (unpaired) electrons. The van der Waals surface area contributed by atoms with E-state index in [-0.39, 0.29) is 11.1 Å². The Bertz CT molecular complexity index is 1890. The van der Waals surface area contributed by atoms with Gasteiger partial charge in [0, 0.05) is 13.7 Å². The number of benzene rings is 5. The highest BCUT2D eigenvalue weighted by atomic mass is 14.3. The van der Waals surface area contributed by atoms with Gasteiger partial charge in [0.1, 0.15) is 0 Å². The molecule has 196 valence electrons. The zero-order chi connectivity index (χ0) is 36.0. The van der Waals surface area contributed by atoms with Crippen LogP contribution in [-0.2, 0) is 0 Å². The molecule has 0 aromatic heterocycles. The molecule has 5 aromatic carbocycles. The summed E-state index contributed by atoms with van der Waals surface area (Å²) in [4.78, 5) is 0. The molecule has 0 nitrogen and oxygen atoms in total. The highest BCUT2D eigenvalue weighted by molar-refractivity contribution is 5.91. The molecule has 0 bridgehead atoms. The Balaban J connectivity index is 1.49. The third-order valence-corrected chi connectivity index (χ3v) is 6.78. The van der Waals surface area contributed by atoms with Crippen molar-refractivity contribution in [3.05, 3.63) is 185 Å². The smallest absolute Gasteiger partial charge is 0.0352 e. The second kappa shape index (κ2) is 12.6. The SMILES string of the molecule is [2H]C1([2H])C([2H])([2H])C([2H])(c2ccc(C=C(c3ccccc3)c3ccccc3)cc2)C([2H])([2H])C([2H])([2H])C1([2H])C=C(c1ccccc1)c1ccccc1. The van der Waals surface area contributed by atoms with Crippen LogP contribution in [0.25, 0.3) is 17.2 Å². The van der Waals surface area contributed by atoms with Gasteiger partial charge in [-0.15, -0.1) is 0 Å². The average Bonchev–Trinajstić information content (AvgIpc) is 3.13. The summed E-state index contributed by atoms with van der Waals surface area (Å²) >= 11 is 0. The van der Waals surface area contributed by atoms with E-state index in [0.29, 0.717) is 16.7 Å². The lowest BCUT2D eigenvalue weighted by molar-refractivity contribution is 0.376. The molecule has 0 amide bonds. The predicted octanol–water partition coefficient (Wildman–Crippen LogP) is 10.7. The van der Waals surface area contributed by atoms with Gasteiger partial charge in [0.15, 0.2) is 0 Å². The molecule has 1 aliphatic rings. The highest BCUT2D eigenvalue weighted by Crippen LogP contribution is 2.38. The fourth-order valence-electron chi connectivity index (χ4n) is 4.73. The molecule has 1 fully saturated rings. The maximum Gasteiger partial charge on any atom is 0.0352 e. The molecule has 0 aliphatic heterocycles. The van der Waals surface area contributed by atoms with E-state index in [1.165, 1.54) is 12.1 Å². The molecule has 0 heteroatoms. The standard InChI is InChI=1S/C40H36/c1-5-13-35(14-6-1)39(36-15-7-2-8-16-36)29-31-21-25-33(26-22-31)34-27-23-32(24-28-34)30-40(37-17-9-3-10-18-37)38-19-11-4-12-20-38/h1-22,25-26,29-30,32,34H,23-24,27-28H2/i23D2,24D2,27D2,28D2,32D,34D. The molecule has 0 saturated heterocycles. The minimum absolute atomic E-state index is 0.240. The van der Waals surface area contributed by atoms with Gasteiger partial charge in [0.25, 0.3) is 0 Å². The number of rotatable bonds is 7. The fourth-order valence-corrected chi connectivity index (χ4v) is 4.73. The summed E-state index contributed by atoms with van der Waals surface area (Å²) in [6.45, 7) is 0. The lowest BCUT2D eigenvalue weighted by Crippen LogP contribution is -2.12. The maximum atomic E-state index is 9.50. The van der Waals surface area contributed by atoms with Crippen LogP contribution in [0.4, 0.5) is 0 Å². The largest absolute Gasteiger partial charge is 0.0729 e. The second-order valence-corrected chi connectivity index (χ2v) is 9.49. The van der Waals surface area contributed by atoms with Crippen molar-refractivity contribution in [2.75, 3.05) is 0 Å². The number of hydrogen-bond donors (Lipinski definition) is 0. The first-order valence-corrected chi connectivity index (χ1v) is 13.4. The van der Waals surface area contributed by atoms with Gasteiger partial charge < -0.3 is 0 Å². The van der Waals surface area contributed by atoms with E-state index in [2.05, 4.69) is 0 Å². The van der Waals surface area contributed by atoms with Crippen LogP contribution in [0.15, 0.2) is 152 Å². The minimum Gasteiger partial charge on any atom is -0.0729 e. The van der Waals surface area contributed by atoms with Gasteiger partial charge in [-0.1, -0.05) is 152 Å². The Morgan fingerprint density at radius 1 is 0.500 bits per heavy atom. The maximum absolute atomic E-state index is 9.50. The normalized spacial score (nSPS) is 29.0. The predicted molar refractivity (Wildman–Crippen MR) is 171 cm³/mol. The van der Waals surface area contributed by atoms with Crippen LogP contribution >= 0.6 is 0 Å². The first-order chi connectivity index (χ1) is 23.6. The third kappa shape index (κ3) is 6.24. The van der Waals surface area contributed by atoms with Crippen LogP contribution in [0.1, 0.15) is 78.5 Å². The van der Waals surface area contributed by atoms with Gasteiger partial charge in [-0.25, -0.2) is 0 Å². The first-order valence-electron chi connectivity index (χ1n) is 18.4. The Kier molecular flexibility index (Phi) is 5.25. The molecule has 0 N–H and O–H groups in total. The van der Waals surface area contributed by atoms with Crippen LogP contribution in [0.2, 0.25) is 0 Å². The fraction of sp³-hybridized carbons (Fsp3) is 0.150. The van der Waals surface area contributed by atoms with E-state index in [1.807, 2.05) is 66.7 Å². The van der Waals surface area contributed by atoms with Crippen molar-refractivity contribution in [1.29, 1.82) is 0 Å². The van der Waals surface area contributed by atoms with Crippen molar-refractivity contribution in [2.45, 2.75) is 31.4 Å². The molecular formula is C40H36. The lowest BCUT2D eigenvalue weighted by Gasteiger charge is -2.28. The minimum atomic E-state index is -3.40. The van der Waals surface area contributed by atoms with Crippen molar-refractivity contribution in [3.63, 3.8) is 0 Å². The molecule has 5 aromatic rings. The Labute approximate surface area is 253 Å². The molecular weight excluding hydrogens is 480 g/mol. The van der Waals surface area contributed by atoms with Gasteiger partial charge >= 0.3 is 0 Å². The van der Waals surface area contributed by atoms with Gasteiger partial charge in [0.05, 0.1) is 0 Å². The van der Waals surface area contributed by atoms with Gasteiger partial charge in [0.2, 0.25) is 0 Å². The summed E-state index contributed by atoms with van der Waals surface area (Å²) in [7, 11) is 0. The molecule has 0 heterocycles. The summed E-state index contributed by atoms with van der Waals surface area (Å²) in [5.41, 5.74) is 4.52.